The standard InChI is InChI=1S/C13H12F3NO2S/c14-13(15,16)11(7-17)8-20(18,19)12-5-4-9-2-1-3-10(9)6-12/h4-6,11H,1-3,8H2. The van der Waals surface area contributed by atoms with E-state index in [1.165, 1.54) is 12.1 Å². The van der Waals surface area contributed by atoms with Gasteiger partial charge >= 0.3 is 6.18 Å². The van der Waals surface area contributed by atoms with Crippen molar-refractivity contribution in [1.29, 1.82) is 5.26 Å². The molecule has 20 heavy (non-hydrogen) atoms. The van der Waals surface area contributed by atoms with Crippen LogP contribution in [0.3, 0.4) is 0 Å². The van der Waals surface area contributed by atoms with Crippen LogP contribution < -0.4 is 0 Å². The molecule has 0 heterocycles. The van der Waals surface area contributed by atoms with Crippen LogP contribution in [0.2, 0.25) is 0 Å². The van der Waals surface area contributed by atoms with Gasteiger partial charge in [0.15, 0.2) is 15.8 Å². The molecule has 0 saturated heterocycles. The molecule has 0 spiro atoms. The molecule has 1 aliphatic rings. The van der Waals surface area contributed by atoms with E-state index in [4.69, 9.17) is 5.26 Å². The first-order chi connectivity index (χ1) is 9.24. The predicted molar refractivity (Wildman–Crippen MR) is 65.7 cm³/mol. The zero-order chi connectivity index (χ0) is 15.0. The highest BCUT2D eigenvalue weighted by molar-refractivity contribution is 7.91. The Morgan fingerprint density at radius 3 is 2.50 bits per heavy atom. The molecule has 2 rings (SSSR count). The summed E-state index contributed by atoms with van der Waals surface area (Å²) in [6, 6.07) is 5.42. The molecule has 0 aromatic heterocycles. The van der Waals surface area contributed by atoms with Crippen molar-refractivity contribution in [1.82, 2.24) is 0 Å². The maximum Gasteiger partial charge on any atom is 0.405 e. The van der Waals surface area contributed by atoms with E-state index in [2.05, 4.69) is 0 Å². The van der Waals surface area contributed by atoms with Crippen LogP contribution in [0.5, 0.6) is 0 Å². The molecule has 1 aliphatic carbocycles. The molecule has 1 aromatic carbocycles. The van der Waals surface area contributed by atoms with Crippen molar-refractivity contribution in [2.75, 3.05) is 5.75 Å². The quantitative estimate of drug-likeness (QED) is 0.862. The SMILES string of the molecule is N#CC(CS(=O)(=O)c1ccc2c(c1)CCC2)C(F)(F)F. The number of rotatable bonds is 3. The zero-order valence-corrected chi connectivity index (χ0v) is 11.3. The largest absolute Gasteiger partial charge is 0.405 e. The van der Waals surface area contributed by atoms with Gasteiger partial charge in [0, 0.05) is 0 Å². The first-order valence-corrected chi connectivity index (χ1v) is 7.70. The van der Waals surface area contributed by atoms with E-state index in [0.717, 1.165) is 36.5 Å². The molecule has 7 heteroatoms. The van der Waals surface area contributed by atoms with Crippen molar-refractivity contribution < 1.29 is 21.6 Å². The second-order valence-electron chi connectivity index (χ2n) is 4.79. The Balaban J connectivity index is 2.29. The van der Waals surface area contributed by atoms with E-state index in [1.807, 2.05) is 0 Å². The number of sulfone groups is 1. The van der Waals surface area contributed by atoms with E-state index in [1.54, 1.807) is 6.07 Å². The zero-order valence-electron chi connectivity index (χ0n) is 10.4. The minimum atomic E-state index is -4.83. The van der Waals surface area contributed by atoms with Crippen molar-refractivity contribution in [2.45, 2.75) is 30.3 Å². The summed E-state index contributed by atoms with van der Waals surface area (Å²) in [4.78, 5) is -0.136. The molecule has 3 nitrogen and oxygen atoms in total. The number of alkyl halides is 3. The first-order valence-electron chi connectivity index (χ1n) is 6.05. The summed E-state index contributed by atoms with van der Waals surface area (Å²) in [5, 5.41) is 8.49. The lowest BCUT2D eigenvalue weighted by Crippen LogP contribution is -2.29. The van der Waals surface area contributed by atoms with E-state index in [9.17, 15) is 21.6 Å². The van der Waals surface area contributed by atoms with E-state index in [0.29, 0.717) is 0 Å². The van der Waals surface area contributed by atoms with Gasteiger partial charge in [-0.15, -0.1) is 0 Å². The molecule has 0 radical (unpaired) electrons. The lowest BCUT2D eigenvalue weighted by Gasteiger charge is -2.14. The maximum absolute atomic E-state index is 12.5. The number of hydrogen-bond donors (Lipinski definition) is 0. The third-order valence-electron chi connectivity index (χ3n) is 3.37. The number of hydrogen-bond acceptors (Lipinski definition) is 3. The number of nitriles is 1. The Morgan fingerprint density at radius 1 is 1.25 bits per heavy atom. The van der Waals surface area contributed by atoms with Gasteiger partial charge in [-0.05, 0) is 42.5 Å². The average molecular weight is 303 g/mol. The molecular weight excluding hydrogens is 291 g/mol. The Hall–Kier alpha value is -1.55. The van der Waals surface area contributed by atoms with Gasteiger partial charge in [0.2, 0.25) is 0 Å². The molecule has 0 amide bonds. The van der Waals surface area contributed by atoms with Gasteiger partial charge in [0.1, 0.15) is 0 Å². The lowest BCUT2D eigenvalue weighted by atomic mass is 10.1. The highest BCUT2D eigenvalue weighted by Gasteiger charge is 2.43. The Labute approximate surface area is 114 Å². The number of fused-ring (bicyclic) bond motifs is 1. The van der Waals surface area contributed by atoms with Gasteiger partial charge < -0.3 is 0 Å². The van der Waals surface area contributed by atoms with Crippen LogP contribution in [0.15, 0.2) is 23.1 Å². The summed E-state index contributed by atoms with van der Waals surface area (Å²) < 4.78 is 61.5. The van der Waals surface area contributed by atoms with Gasteiger partial charge in [0.05, 0.1) is 16.7 Å². The fourth-order valence-corrected chi connectivity index (χ4v) is 3.75. The Morgan fingerprint density at radius 2 is 1.90 bits per heavy atom. The highest BCUT2D eigenvalue weighted by Crippen LogP contribution is 2.30. The molecule has 1 atom stereocenters. The number of nitrogens with zero attached hydrogens (tertiary/aromatic N) is 1. The number of benzene rings is 1. The molecule has 0 saturated carbocycles. The minimum absolute atomic E-state index is 0.136. The number of halogens is 3. The third kappa shape index (κ3) is 2.96. The molecule has 1 unspecified atom stereocenters. The van der Waals surface area contributed by atoms with Gasteiger partial charge in [-0.25, -0.2) is 8.42 Å². The summed E-state index contributed by atoms with van der Waals surface area (Å²) in [6.07, 6.45) is -2.32. The molecule has 0 bridgehead atoms. The van der Waals surface area contributed by atoms with Gasteiger partial charge in [0.25, 0.3) is 0 Å². The second kappa shape index (κ2) is 5.09. The minimum Gasteiger partial charge on any atom is -0.224 e. The third-order valence-corrected chi connectivity index (χ3v) is 5.11. The summed E-state index contributed by atoms with van der Waals surface area (Å²) in [6.45, 7) is 0. The van der Waals surface area contributed by atoms with E-state index < -0.39 is 27.7 Å². The molecule has 1 aromatic rings. The molecule has 0 aliphatic heterocycles. The van der Waals surface area contributed by atoms with Crippen LogP contribution in [0.4, 0.5) is 13.2 Å². The van der Waals surface area contributed by atoms with Gasteiger partial charge in [-0.3, -0.25) is 0 Å². The molecule has 0 fully saturated rings. The monoisotopic (exact) mass is 303 g/mol. The van der Waals surface area contributed by atoms with Gasteiger partial charge in [-0.1, -0.05) is 6.07 Å². The predicted octanol–water partition coefficient (Wildman–Crippen LogP) is 2.65. The molecular formula is C13H12F3NO2S. The van der Waals surface area contributed by atoms with Crippen LogP contribution >= 0.6 is 0 Å². The van der Waals surface area contributed by atoms with Crippen molar-refractivity contribution in [3.05, 3.63) is 29.3 Å². The fraction of sp³-hybridized carbons (Fsp3) is 0.462. The smallest absolute Gasteiger partial charge is 0.224 e. The van der Waals surface area contributed by atoms with Crippen LogP contribution in [0.1, 0.15) is 17.5 Å². The molecule has 108 valence electrons. The lowest BCUT2D eigenvalue weighted by molar-refractivity contribution is -0.153. The van der Waals surface area contributed by atoms with Crippen molar-refractivity contribution in [2.24, 2.45) is 5.92 Å². The number of aryl methyl sites for hydroxylation is 2. The van der Waals surface area contributed by atoms with E-state index in [-0.39, 0.29) is 4.90 Å². The summed E-state index contributed by atoms with van der Waals surface area (Å²) in [5.74, 6) is -3.73. The summed E-state index contributed by atoms with van der Waals surface area (Å²) >= 11 is 0. The molecule has 0 N–H and O–H groups in total. The van der Waals surface area contributed by atoms with Gasteiger partial charge in [-0.2, -0.15) is 18.4 Å². The first kappa shape index (κ1) is 14.9. The fourth-order valence-electron chi connectivity index (χ4n) is 2.26. The van der Waals surface area contributed by atoms with Crippen molar-refractivity contribution >= 4 is 9.84 Å². The topological polar surface area (TPSA) is 57.9 Å². The van der Waals surface area contributed by atoms with Crippen molar-refractivity contribution in [3.8, 4) is 6.07 Å². The summed E-state index contributed by atoms with van der Waals surface area (Å²) in [7, 11) is -4.12. The summed E-state index contributed by atoms with van der Waals surface area (Å²) in [5.41, 5.74) is 1.91. The Kier molecular flexibility index (Phi) is 3.78. The Bertz CT molecular complexity index is 659. The van der Waals surface area contributed by atoms with Crippen molar-refractivity contribution in [3.63, 3.8) is 0 Å². The van der Waals surface area contributed by atoms with Crippen LogP contribution in [0.25, 0.3) is 0 Å². The van der Waals surface area contributed by atoms with E-state index >= 15 is 0 Å². The van der Waals surface area contributed by atoms with Crippen LogP contribution in [0, 0.1) is 17.2 Å². The van der Waals surface area contributed by atoms with Crippen LogP contribution in [-0.2, 0) is 22.7 Å². The highest BCUT2D eigenvalue weighted by atomic mass is 32.2. The van der Waals surface area contributed by atoms with Crippen LogP contribution in [-0.4, -0.2) is 20.3 Å². The average Bonchev–Trinajstić information content (AvgIpc) is 2.81. The second-order valence-corrected chi connectivity index (χ2v) is 6.82. The normalized spacial score (nSPS) is 16.5. The maximum atomic E-state index is 12.5.